The van der Waals surface area contributed by atoms with Gasteiger partial charge in [-0.1, -0.05) is 13.8 Å². The fourth-order valence-electron chi connectivity index (χ4n) is 1.80. The number of nitrogens with zero attached hydrogens (tertiary/aromatic N) is 1. The molecule has 0 spiro atoms. The first kappa shape index (κ1) is 18.4. The minimum atomic E-state index is -0.845. The van der Waals surface area contributed by atoms with E-state index in [2.05, 4.69) is 4.74 Å². The fourth-order valence-corrected chi connectivity index (χ4v) is 1.80. The van der Waals surface area contributed by atoms with Gasteiger partial charge in [-0.25, -0.2) is 0 Å². The van der Waals surface area contributed by atoms with E-state index in [1.165, 1.54) is 7.11 Å². The van der Waals surface area contributed by atoms with Crippen LogP contribution in [0.4, 0.5) is 0 Å². The van der Waals surface area contributed by atoms with Gasteiger partial charge >= 0.3 is 11.9 Å². The van der Waals surface area contributed by atoms with Crippen molar-refractivity contribution in [3.8, 4) is 0 Å². The maximum absolute atomic E-state index is 12.1. The van der Waals surface area contributed by atoms with Crippen LogP contribution in [0.5, 0.6) is 0 Å². The number of carboxylic acids is 1. The Kier molecular flexibility index (Phi) is 9.41. The molecule has 116 valence electrons. The van der Waals surface area contributed by atoms with Crippen LogP contribution >= 0.6 is 0 Å². The number of aliphatic carboxylic acids is 1. The molecule has 0 rings (SSSR count). The minimum absolute atomic E-state index is 0.0343. The Morgan fingerprint density at radius 2 is 1.70 bits per heavy atom. The highest BCUT2D eigenvalue weighted by molar-refractivity contribution is 5.77. The van der Waals surface area contributed by atoms with Crippen molar-refractivity contribution in [2.45, 2.75) is 46.0 Å². The van der Waals surface area contributed by atoms with Gasteiger partial charge in [-0.2, -0.15) is 0 Å². The Morgan fingerprint density at radius 1 is 1.10 bits per heavy atom. The van der Waals surface area contributed by atoms with Crippen LogP contribution in [0.15, 0.2) is 0 Å². The van der Waals surface area contributed by atoms with Gasteiger partial charge < -0.3 is 14.7 Å². The van der Waals surface area contributed by atoms with Crippen LogP contribution < -0.4 is 0 Å². The molecule has 0 aromatic carbocycles. The summed E-state index contributed by atoms with van der Waals surface area (Å²) in [6, 6.07) is 0. The summed E-state index contributed by atoms with van der Waals surface area (Å²) in [6.45, 7) is 4.95. The Labute approximate surface area is 120 Å². The zero-order valence-electron chi connectivity index (χ0n) is 12.6. The van der Waals surface area contributed by atoms with Gasteiger partial charge in [0.2, 0.25) is 5.91 Å². The third kappa shape index (κ3) is 9.35. The second kappa shape index (κ2) is 10.2. The first-order chi connectivity index (χ1) is 9.36. The van der Waals surface area contributed by atoms with Crippen LogP contribution in [0, 0.1) is 5.92 Å². The third-order valence-electron chi connectivity index (χ3n) is 2.78. The maximum atomic E-state index is 12.1. The van der Waals surface area contributed by atoms with Gasteiger partial charge in [0.25, 0.3) is 0 Å². The van der Waals surface area contributed by atoms with Gasteiger partial charge in [-0.3, -0.25) is 14.4 Å². The molecule has 6 nitrogen and oxygen atoms in total. The molecule has 0 aliphatic carbocycles. The Morgan fingerprint density at radius 3 is 2.20 bits per heavy atom. The molecule has 1 N–H and O–H groups in total. The summed E-state index contributed by atoms with van der Waals surface area (Å²) in [4.78, 5) is 35.2. The minimum Gasteiger partial charge on any atom is -0.481 e. The average molecular weight is 287 g/mol. The van der Waals surface area contributed by atoms with E-state index in [-0.39, 0.29) is 24.7 Å². The number of carboxylic acid groups (broad SMARTS) is 1. The normalized spacial score (nSPS) is 10.4. The number of hydrogen-bond donors (Lipinski definition) is 1. The molecular formula is C14H25NO5. The summed E-state index contributed by atoms with van der Waals surface area (Å²) in [7, 11) is 1.32. The Balaban J connectivity index is 4.19. The van der Waals surface area contributed by atoms with Crippen molar-refractivity contribution < 1.29 is 24.2 Å². The first-order valence-electron chi connectivity index (χ1n) is 6.93. The molecule has 0 radical (unpaired) electrons. The van der Waals surface area contributed by atoms with Crippen molar-refractivity contribution in [2.75, 3.05) is 20.2 Å². The first-order valence-corrected chi connectivity index (χ1v) is 6.93. The van der Waals surface area contributed by atoms with Crippen molar-refractivity contribution in [3.63, 3.8) is 0 Å². The molecule has 0 saturated heterocycles. The molecule has 6 heteroatoms. The van der Waals surface area contributed by atoms with Gasteiger partial charge in [0.05, 0.1) is 13.5 Å². The van der Waals surface area contributed by atoms with E-state index in [9.17, 15) is 14.4 Å². The number of unbranched alkanes of at least 4 members (excludes halogenated alkanes) is 1. The number of carbonyl (C=O) groups excluding carboxylic acids is 2. The standard InChI is InChI=1S/C14H25NO5/c1-11(2)10-15(9-8-14(19)20-3)12(16)6-4-5-7-13(17)18/h11H,4-10H2,1-3H3,(H,17,18). The summed E-state index contributed by atoms with van der Waals surface area (Å²) in [5.41, 5.74) is 0. The maximum Gasteiger partial charge on any atom is 0.307 e. The monoisotopic (exact) mass is 287 g/mol. The van der Waals surface area contributed by atoms with E-state index in [4.69, 9.17) is 5.11 Å². The van der Waals surface area contributed by atoms with Crippen LogP contribution in [-0.4, -0.2) is 48.1 Å². The molecule has 0 heterocycles. The van der Waals surface area contributed by atoms with E-state index in [1.54, 1.807) is 4.90 Å². The molecule has 20 heavy (non-hydrogen) atoms. The molecule has 0 saturated carbocycles. The predicted molar refractivity (Wildman–Crippen MR) is 74.2 cm³/mol. The zero-order valence-corrected chi connectivity index (χ0v) is 12.6. The van der Waals surface area contributed by atoms with Crippen molar-refractivity contribution in [1.29, 1.82) is 0 Å². The topological polar surface area (TPSA) is 83.9 Å². The highest BCUT2D eigenvalue weighted by Gasteiger charge is 2.16. The average Bonchev–Trinajstić information content (AvgIpc) is 2.38. The van der Waals surface area contributed by atoms with Gasteiger partial charge in [-0.15, -0.1) is 0 Å². The molecule has 0 atom stereocenters. The van der Waals surface area contributed by atoms with Gasteiger partial charge in [0.1, 0.15) is 0 Å². The van der Waals surface area contributed by atoms with Crippen molar-refractivity contribution in [3.05, 3.63) is 0 Å². The molecule has 0 aromatic heterocycles. The van der Waals surface area contributed by atoms with Gasteiger partial charge in [0.15, 0.2) is 0 Å². The number of rotatable bonds is 10. The molecular weight excluding hydrogens is 262 g/mol. The second-order valence-corrected chi connectivity index (χ2v) is 5.16. The van der Waals surface area contributed by atoms with Crippen LogP contribution in [0.1, 0.15) is 46.0 Å². The van der Waals surface area contributed by atoms with Gasteiger partial charge in [-0.05, 0) is 18.8 Å². The number of esters is 1. The Bertz CT molecular complexity index is 328. The quantitative estimate of drug-likeness (QED) is 0.488. The summed E-state index contributed by atoms with van der Waals surface area (Å²) in [5, 5.41) is 8.53. The van der Waals surface area contributed by atoms with E-state index in [0.717, 1.165) is 0 Å². The number of ether oxygens (including phenoxy) is 1. The van der Waals surface area contributed by atoms with E-state index in [0.29, 0.717) is 38.3 Å². The van der Waals surface area contributed by atoms with Crippen LogP contribution in [0.2, 0.25) is 0 Å². The number of carbonyl (C=O) groups is 3. The molecule has 0 aliphatic rings. The van der Waals surface area contributed by atoms with E-state index < -0.39 is 5.97 Å². The molecule has 0 aliphatic heterocycles. The largest absolute Gasteiger partial charge is 0.481 e. The van der Waals surface area contributed by atoms with E-state index in [1.807, 2.05) is 13.8 Å². The van der Waals surface area contributed by atoms with Gasteiger partial charge in [0, 0.05) is 25.9 Å². The summed E-state index contributed by atoms with van der Waals surface area (Å²) in [6.07, 6.45) is 1.64. The summed E-state index contributed by atoms with van der Waals surface area (Å²) in [5.74, 6) is -0.900. The molecule has 0 unspecified atom stereocenters. The highest BCUT2D eigenvalue weighted by atomic mass is 16.5. The number of hydrogen-bond acceptors (Lipinski definition) is 4. The molecule has 1 amide bonds. The van der Waals surface area contributed by atoms with Crippen LogP contribution in [-0.2, 0) is 19.1 Å². The second-order valence-electron chi connectivity index (χ2n) is 5.16. The van der Waals surface area contributed by atoms with E-state index >= 15 is 0 Å². The fraction of sp³-hybridized carbons (Fsp3) is 0.786. The lowest BCUT2D eigenvalue weighted by atomic mass is 10.1. The smallest absolute Gasteiger partial charge is 0.307 e. The number of methoxy groups -OCH3 is 1. The molecule has 0 aromatic rings. The SMILES string of the molecule is COC(=O)CCN(CC(C)C)C(=O)CCCCC(=O)O. The lowest BCUT2D eigenvalue weighted by molar-refractivity contribution is -0.142. The molecule has 0 fully saturated rings. The van der Waals surface area contributed by atoms with Crippen molar-refractivity contribution in [2.24, 2.45) is 5.92 Å². The van der Waals surface area contributed by atoms with Crippen molar-refractivity contribution in [1.82, 2.24) is 4.90 Å². The van der Waals surface area contributed by atoms with Crippen molar-refractivity contribution >= 4 is 17.8 Å². The third-order valence-corrected chi connectivity index (χ3v) is 2.78. The molecule has 0 bridgehead atoms. The highest BCUT2D eigenvalue weighted by Crippen LogP contribution is 2.07. The lowest BCUT2D eigenvalue weighted by Crippen LogP contribution is -2.36. The lowest BCUT2D eigenvalue weighted by Gasteiger charge is -2.24. The van der Waals surface area contributed by atoms with Crippen LogP contribution in [0.3, 0.4) is 0 Å². The predicted octanol–water partition coefficient (Wildman–Crippen LogP) is 1.68. The summed E-state index contributed by atoms with van der Waals surface area (Å²) >= 11 is 0. The van der Waals surface area contributed by atoms with Crippen LogP contribution in [0.25, 0.3) is 0 Å². The zero-order chi connectivity index (χ0) is 15.5. The Hall–Kier alpha value is -1.59. The number of amides is 1. The summed E-state index contributed by atoms with van der Waals surface area (Å²) < 4.78 is 4.57.